The van der Waals surface area contributed by atoms with Crippen LogP contribution >= 0.6 is 0 Å². The summed E-state index contributed by atoms with van der Waals surface area (Å²) in [6.45, 7) is 4.10. The van der Waals surface area contributed by atoms with Gasteiger partial charge in [0.15, 0.2) is 0 Å². The zero-order chi connectivity index (χ0) is 26.0. The predicted octanol–water partition coefficient (Wildman–Crippen LogP) is 4.78. The van der Waals surface area contributed by atoms with Crippen molar-refractivity contribution in [2.45, 2.75) is 12.2 Å². The molecule has 0 saturated carbocycles. The Morgan fingerprint density at radius 2 is 1.32 bits per heavy atom. The molecular formula is C28H26F3N3O3. The van der Waals surface area contributed by atoms with Gasteiger partial charge in [-0.3, -0.25) is 14.5 Å². The lowest BCUT2D eigenvalue weighted by Gasteiger charge is -2.48. The first-order valence-electron chi connectivity index (χ1n) is 12.1. The summed E-state index contributed by atoms with van der Waals surface area (Å²) in [5, 5.41) is 0. The third-order valence-electron chi connectivity index (χ3n) is 6.79. The Hall–Kier alpha value is -3.85. The lowest BCUT2D eigenvalue weighted by molar-refractivity contribution is -0.137. The van der Waals surface area contributed by atoms with E-state index >= 15 is 0 Å². The fourth-order valence-corrected chi connectivity index (χ4v) is 4.63. The maximum absolute atomic E-state index is 12.9. The molecule has 3 aromatic carbocycles. The first kappa shape index (κ1) is 24.8. The summed E-state index contributed by atoms with van der Waals surface area (Å²) in [6, 6.07) is 20.6. The fraction of sp³-hybridized carbons (Fsp3) is 0.286. The Kier molecular flexibility index (Phi) is 6.88. The van der Waals surface area contributed by atoms with Crippen LogP contribution in [0.5, 0.6) is 11.5 Å². The summed E-state index contributed by atoms with van der Waals surface area (Å²) in [6.07, 6.45) is -4.45. The standard InChI is InChI=1S/C28H26F3N3O3/c29-28(30,31)22-7-4-8-25(17-22)37-24-11-9-21(10-12-24)27(36)34-18-23(19-34)32-13-15-33(16-14-32)26(35)20-5-2-1-3-6-20/h1-12,17,23H,13-16,18-19H2. The maximum Gasteiger partial charge on any atom is 0.416 e. The van der Waals surface area contributed by atoms with E-state index in [-0.39, 0.29) is 23.6 Å². The number of carbonyl (C=O) groups excluding carboxylic acids is 2. The van der Waals surface area contributed by atoms with Crippen LogP contribution in [0.2, 0.25) is 0 Å². The van der Waals surface area contributed by atoms with Gasteiger partial charge < -0.3 is 14.5 Å². The van der Waals surface area contributed by atoms with Crippen LogP contribution in [-0.4, -0.2) is 71.8 Å². The van der Waals surface area contributed by atoms with Crippen molar-refractivity contribution in [2.75, 3.05) is 39.3 Å². The highest BCUT2D eigenvalue weighted by Crippen LogP contribution is 2.33. The van der Waals surface area contributed by atoms with E-state index < -0.39 is 11.7 Å². The van der Waals surface area contributed by atoms with Crippen molar-refractivity contribution >= 4 is 11.8 Å². The molecule has 2 fully saturated rings. The summed E-state index contributed by atoms with van der Waals surface area (Å²) < 4.78 is 44.3. The van der Waals surface area contributed by atoms with Crippen LogP contribution in [0, 0.1) is 0 Å². The summed E-state index contributed by atoms with van der Waals surface area (Å²) in [7, 11) is 0. The van der Waals surface area contributed by atoms with Crippen LogP contribution in [0.3, 0.4) is 0 Å². The quantitative estimate of drug-likeness (QED) is 0.497. The van der Waals surface area contributed by atoms with E-state index in [0.29, 0.717) is 43.1 Å². The van der Waals surface area contributed by atoms with Gasteiger partial charge in [-0.15, -0.1) is 0 Å². The molecule has 9 heteroatoms. The first-order valence-corrected chi connectivity index (χ1v) is 12.1. The second-order valence-corrected chi connectivity index (χ2v) is 9.21. The molecule has 3 aromatic rings. The number of hydrogen-bond acceptors (Lipinski definition) is 4. The van der Waals surface area contributed by atoms with Gasteiger partial charge in [-0.2, -0.15) is 13.2 Å². The van der Waals surface area contributed by atoms with E-state index in [1.807, 2.05) is 35.2 Å². The summed E-state index contributed by atoms with van der Waals surface area (Å²) >= 11 is 0. The molecule has 0 radical (unpaired) electrons. The number of alkyl halides is 3. The summed E-state index contributed by atoms with van der Waals surface area (Å²) in [4.78, 5) is 31.5. The minimum Gasteiger partial charge on any atom is -0.457 e. The van der Waals surface area contributed by atoms with Crippen molar-refractivity contribution in [2.24, 2.45) is 0 Å². The number of hydrogen-bond donors (Lipinski definition) is 0. The molecule has 5 rings (SSSR count). The van der Waals surface area contributed by atoms with Crippen molar-refractivity contribution < 1.29 is 27.5 Å². The van der Waals surface area contributed by atoms with Crippen molar-refractivity contribution in [1.29, 1.82) is 0 Å². The second kappa shape index (κ2) is 10.3. The minimum absolute atomic E-state index is 0.0474. The third-order valence-corrected chi connectivity index (χ3v) is 6.79. The number of carbonyl (C=O) groups is 2. The molecule has 2 aliphatic rings. The lowest BCUT2D eigenvalue weighted by Crippen LogP contribution is -2.64. The number of ether oxygens (including phenoxy) is 1. The van der Waals surface area contributed by atoms with Crippen LogP contribution in [-0.2, 0) is 6.18 Å². The molecular weight excluding hydrogens is 483 g/mol. The Labute approximate surface area is 212 Å². The Balaban J connectivity index is 1.10. The summed E-state index contributed by atoms with van der Waals surface area (Å²) in [5.41, 5.74) is 0.407. The number of amides is 2. The van der Waals surface area contributed by atoms with E-state index in [4.69, 9.17) is 4.74 Å². The molecule has 2 aliphatic heterocycles. The highest BCUT2D eigenvalue weighted by atomic mass is 19.4. The molecule has 0 bridgehead atoms. The van der Waals surface area contributed by atoms with Gasteiger partial charge in [-0.25, -0.2) is 0 Å². The maximum atomic E-state index is 12.9. The van der Waals surface area contributed by atoms with Crippen LogP contribution < -0.4 is 4.74 Å². The SMILES string of the molecule is O=C(c1ccccc1)N1CCN(C2CN(C(=O)c3ccc(Oc4cccc(C(F)(F)F)c4)cc3)C2)CC1. The van der Waals surface area contributed by atoms with Crippen LogP contribution in [0.15, 0.2) is 78.9 Å². The predicted molar refractivity (Wildman–Crippen MR) is 132 cm³/mol. The molecule has 2 amide bonds. The third kappa shape index (κ3) is 5.61. The molecule has 0 aliphatic carbocycles. The van der Waals surface area contributed by atoms with E-state index in [1.165, 1.54) is 12.1 Å². The van der Waals surface area contributed by atoms with Crippen LogP contribution in [0.1, 0.15) is 26.3 Å². The molecule has 6 nitrogen and oxygen atoms in total. The zero-order valence-electron chi connectivity index (χ0n) is 20.0. The normalized spacial score (nSPS) is 16.8. The molecule has 0 N–H and O–H groups in total. The van der Waals surface area contributed by atoms with E-state index in [9.17, 15) is 22.8 Å². The number of rotatable bonds is 5. The zero-order valence-corrected chi connectivity index (χ0v) is 20.0. The van der Waals surface area contributed by atoms with E-state index in [0.717, 1.165) is 25.2 Å². The van der Waals surface area contributed by atoms with Crippen LogP contribution in [0.4, 0.5) is 13.2 Å². The Morgan fingerprint density at radius 1 is 0.703 bits per heavy atom. The molecule has 192 valence electrons. The van der Waals surface area contributed by atoms with Gasteiger partial charge >= 0.3 is 6.18 Å². The van der Waals surface area contributed by atoms with Gasteiger partial charge in [0.1, 0.15) is 11.5 Å². The molecule has 0 aromatic heterocycles. The van der Waals surface area contributed by atoms with Crippen molar-refractivity contribution in [3.8, 4) is 11.5 Å². The fourth-order valence-electron chi connectivity index (χ4n) is 4.63. The molecule has 0 unspecified atom stereocenters. The first-order chi connectivity index (χ1) is 17.8. The largest absolute Gasteiger partial charge is 0.457 e. The summed E-state index contributed by atoms with van der Waals surface area (Å²) in [5.74, 6) is 0.372. The average Bonchev–Trinajstić information content (AvgIpc) is 2.88. The van der Waals surface area contributed by atoms with Gasteiger partial charge in [0.05, 0.1) is 5.56 Å². The highest BCUT2D eigenvalue weighted by Gasteiger charge is 2.37. The topological polar surface area (TPSA) is 53.1 Å². The van der Waals surface area contributed by atoms with Crippen molar-refractivity contribution in [3.63, 3.8) is 0 Å². The second-order valence-electron chi connectivity index (χ2n) is 9.21. The number of nitrogens with zero attached hydrogens (tertiary/aromatic N) is 3. The van der Waals surface area contributed by atoms with Crippen molar-refractivity contribution in [3.05, 3.63) is 95.6 Å². The Bertz CT molecular complexity index is 1250. The van der Waals surface area contributed by atoms with Gasteiger partial charge in [-0.1, -0.05) is 24.3 Å². The monoisotopic (exact) mass is 509 g/mol. The van der Waals surface area contributed by atoms with Gasteiger partial charge in [0.25, 0.3) is 11.8 Å². The lowest BCUT2D eigenvalue weighted by atomic mass is 10.0. The minimum atomic E-state index is -4.45. The molecule has 0 atom stereocenters. The molecule has 0 spiro atoms. The number of likely N-dealkylation sites (tertiary alicyclic amines) is 1. The van der Waals surface area contributed by atoms with Gasteiger partial charge in [0, 0.05) is 56.4 Å². The number of halogens is 3. The average molecular weight is 510 g/mol. The van der Waals surface area contributed by atoms with Gasteiger partial charge in [0.2, 0.25) is 0 Å². The van der Waals surface area contributed by atoms with E-state index in [2.05, 4.69) is 4.90 Å². The molecule has 2 saturated heterocycles. The smallest absolute Gasteiger partial charge is 0.416 e. The molecule has 2 heterocycles. The van der Waals surface area contributed by atoms with Gasteiger partial charge in [-0.05, 0) is 54.6 Å². The highest BCUT2D eigenvalue weighted by molar-refractivity contribution is 5.95. The molecule has 37 heavy (non-hydrogen) atoms. The Morgan fingerprint density at radius 3 is 1.97 bits per heavy atom. The van der Waals surface area contributed by atoms with Crippen LogP contribution in [0.25, 0.3) is 0 Å². The number of benzene rings is 3. The van der Waals surface area contributed by atoms with Crippen molar-refractivity contribution in [1.82, 2.24) is 14.7 Å². The number of piperazine rings is 1. The van der Waals surface area contributed by atoms with E-state index in [1.54, 1.807) is 29.2 Å².